The standard InChI is InChI=1S/C13H12N2O2/c1-8-3-6-12-14-11-5-4-9(17-2)7-10(11)13(16)15(8)12/h4-5,7H,1,3,6H2,2H3. The molecule has 0 fully saturated rings. The Labute approximate surface area is 98.2 Å². The van der Waals surface area contributed by atoms with Crippen LogP contribution in [0.4, 0.5) is 0 Å². The van der Waals surface area contributed by atoms with Crippen LogP contribution < -0.4 is 10.3 Å². The van der Waals surface area contributed by atoms with Gasteiger partial charge in [0.25, 0.3) is 5.56 Å². The first kappa shape index (κ1) is 10.1. The van der Waals surface area contributed by atoms with E-state index >= 15 is 0 Å². The Balaban J connectivity index is 2.41. The maximum absolute atomic E-state index is 12.3. The lowest BCUT2D eigenvalue weighted by atomic mass is 10.2. The lowest BCUT2D eigenvalue weighted by Crippen LogP contribution is -2.20. The molecule has 2 aromatic rings. The minimum Gasteiger partial charge on any atom is -0.497 e. The van der Waals surface area contributed by atoms with Gasteiger partial charge in [0.1, 0.15) is 11.6 Å². The SMILES string of the molecule is C=C1CCc2nc3ccc(OC)cc3c(=O)n21. The van der Waals surface area contributed by atoms with Crippen LogP contribution in [0.5, 0.6) is 5.75 Å². The van der Waals surface area contributed by atoms with Gasteiger partial charge in [0.2, 0.25) is 0 Å². The van der Waals surface area contributed by atoms with E-state index in [1.807, 2.05) is 12.1 Å². The van der Waals surface area contributed by atoms with Gasteiger partial charge in [-0.1, -0.05) is 6.58 Å². The van der Waals surface area contributed by atoms with Gasteiger partial charge in [-0.05, 0) is 24.6 Å². The Bertz CT molecular complexity index is 686. The highest BCUT2D eigenvalue weighted by Crippen LogP contribution is 2.23. The zero-order valence-electron chi connectivity index (χ0n) is 9.56. The van der Waals surface area contributed by atoms with Crippen molar-refractivity contribution in [2.75, 3.05) is 7.11 Å². The van der Waals surface area contributed by atoms with Crippen molar-refractivity contribution >= 4 is 16.6 Å². The number of methoxy groups -OCH3 is 1. The number of hydrogen-bond donors (Lipinski definition) is 0. The number of rotatable bonds is 1. The monoisotopic (exact) mass is 228 g/mol. The predicted octanol–water partition coefficient (Wildman–Crippen LogP) is 1.82. The summed E-state index contributed by atoms with van der Waals surface area (Å²) in [5.74, 6) is 1.47. The van der Waals surface area contributed by atoms with Crippen molar-refractivity contribution in [1.29, 1.82) is 0 Å². The lowest BCUT2D eigenvalue weighted by Gasteiger charge is -2.07. The van der Waals surface area contributed by atoms with E-state index in [0.717, 1.165) is 29.9 Å². The van der Waals surface area contributed by atoms with Crippen molar-refractivity contribution in [3.05, 3.63) is 41.0 Å². The second kappa shape index (κ2) is 3.45. The highest BCUT2D eigenvalue weighted by Gasteiger charge is 2.19. The summed E-state index contributed by atoms with van der Waals surface area (Å²) in [6.45, 7) is 3.90. The molecule has 0 spiro atoms. The molecule has 3 rings (SSSR count). The molecule has 4 nitrogen and oxygen atoms in total. The van der Waals surface area contributed by atoms with Crippen LogP contribution in [0.15, 0.2) is 29.6 Å². The number of nitrogens with zero attached hydrogens (tertiary/aromatic N) is 2. The third kappa shape index (κ3) is 1.37. The molecule has 17 heavy (non-hydrogen) atoms. The van der Waals surface area contributed by atoms with Crippen molar-refractivity contribution in [2.45, 2.75) is 12.8 Å². The normalized spacial score (nSPS) is 14.1. The van der Waals surface area contributed by atoms with Crippen molar-refractivity contribution < 1.29 is 4.74 Å². The van der Waals surface area contributed by atoms with Gasteiger partial charge in [-0.2, -0.15) is 0 Å². The highest BCUT2D eigenvalue weighted by molar-refractivity contribution is 5.80. The molecular weight excluding hydrogens is 216 g/mol. The summed E-state index contributed by atoms with van der Waals surface area (Å²) in [6, 6.07) is 5.36. The quantitative estimate of drug-likeness (QED) is 0.747. The lowest BCUT2D eigenvalue weighted by molar-refractivity contribution is 0.415. The van der Waals surface area contributed by atoms with Crippen LogP contribution in [0.1, 0.15) is 12.2 Å². The molecule has 0 atom stereocenters. The first-order chi connectivity index (χ1) is 8.20. The fraction of sp³-hybridized carbons (Fsp3) is 0.231. The zero-order chi connectivity index (χ0) is 12.0. The van der Waals surface area contributed by atoms with E-state index in [0.29, 0.717) is 11.1 Å². The second-order valence-corrected chi connectivity index (χ2v) is 4.12. The maximum atomic E-state index is 12.3. The van der Waals surface area contributed by atoms with E-state index < -0.39 is 0 Å². The largest absolute Gasteiger partial charge is 0.497 e. The molecule has 0 saturated heterocycles. The van der Waals surface area contributed by atoms with E-state index in [1.165, 1.54) is 0 Å². The molecule has 4 heteroatoms. The fourth-order valence-electron chi connectivity index (χ4n) is 2.20. The van der Waals surface area contributed by atoms with Crippen LogP contribution in [-0.4, -0.2) is 16.7 Å². The summed E-state index contributed by atoms with van der Waals surface area (Å²) in [5, 5.41) is 0.580. The molecule has 0 unspecified atom stereocenters. The van der Waals surface area contributed by atoms with Gasteiger partial charge in [-0.15, -0.1) is 0 Å². The first-order valence-electron chi connectivity index (χ1n) is 5.48. The molecule has 0 bridgehead atoms. The van der Waals surface area contributed by atoms with Gasteiger partial charge < -0.3 is 4.74 Å². The first-order valence-corrected chi connectivity index (χ1v) is 5.48. The Morgan fingerprint density at radius 3 is 3.00 bits per heavy atom. The Hall–Kier alpha value is -2.10. The summed E-state index contributed by atoms with van der Waals surface area (Å²) >= 11 is 0. The average Bonchev–Trinajstić information content (AvgIpc) is 2.71. The van der Waals surface area contributed by atoms with Crippen LogP contribution in [-0.2, 0) is 6.42 Å². The number of benzene rings is 1. The number of aromatic nitrogens is 2. The van der Waals surface area contributed by atoms with Gasteiger partial charge in [-0.25, -0.2) is 4.98 Å². The third-order valence-corrected chi connectivity index (χ3v) is 3.10. The smallest absolute Gasteiger partial charge is 0.265 e. The van der Waals surface area contributed by atoms with Crippen LogP contribution in [0.2, 0.25) is 0 Å². The van der Waals surface area contributed by atoms with Crippen molar-refractivity contribution in [1.82, 2.24) is 9.55 Å². The Kier molecular flexibility index (Phi) is 2.04. The third-order valence-electron chi connectivity index (χ3n) is 3.10. The number of ether oxygens (including phenoxy) is 1. The summed E-state index contributed by atoms with van der Waals surface area (Å²) in [4.78, 5) is 16.8. The number of fused-ring (bicyclic) bond motifs is 2. The number of allylic oxidation sites excluding steroid dienone is 1. The second-order valence-electron chi connectivity index (χ2n) is 4.12. The topological polar surface area (TPSA) is 44.1 Å². The average molecular weight is 228 g/mol. The predicted molar refractivity (Wildman–Crippen MR) is 66.2 cm³/mol. The number of hydrogen-bond acceptors (Lipinski definition) is 3. The highest BCUT2D eigenvalue weighted by atomic mass is 16.5. The summed E-state index contributed by atoms with van der Waals surface area (Å²) in [6.07, 6.45) is 1.59. The molecule has 86 valence electrons. The van der Waals surface area contributed by atoms with Crippen LogP contribution in [0.25, 0.3) is 16.6 Å². The molecular formula is C13H12N2O2. The van der Waals surface area contributed by atoms with Crippen LogP contribution in [0, 0.1) is 0 Å². The summed E-state index contributed by atoms with van der Waals surface area (Å²) in [5.41, 5.74) is 1.49. The van der Waals surface area contributed by atoms with Crippen LogP contribution >= 0.6 is 0 Å². The molecule has 0 N–H and O–H groups in total. The molecule has 0 aliphatic carbocycles. The van der Waals surface area contributed by atoms with Gasteiger partial charge in [0, 0.05) is 12.1 Å². The molecule has 0 amide bonds. The van der Waals surface area contributed by atoms with E-state index in [4.69, 9.17) is 4.74 Å². The van der Waals surface area contributed by atoms with E-state index in [2.05, 4.69) is 11.6 Å². The van der Waals surface area contributed by atoms with Gasteiger partial charge in [-0.3, -0.25) is 9.36 Å². The molecule has 1 aromatic heterocycles. The zero-order valence-corrected chi connectivity index (χ0v) is 9.56. The Morgan fingerprint density at radius 1 is 1.41 bits per heavy atom. The fourth-order valence-corrected chi connectivity index (χ4v) is 2.20. The van der Waals surface area contributed by atoms with E-state index in [9.17, 15) is 4.79 Å². The molecule has 0 radical (unpaired) electrons. The minimum atomic E-state index is -0.0496. The van der Waals surface area contributed by atoms with E-state index in [1.54, 1.807) is 17.7 Å². The van der Waals surface area contributed by atoms with Crippen LogP contribution in [0.3, 0.4) is 0 Å². The molecule has 2 heterocycles. The van der Waals surface area contributed by atoms with E-state index in [-0.39, 0.29) is 5.56 Å². The van der Waals surface area contributed by atoms with Crippen molar-refractivity contribution in [3.63, 3.8) is 0 Å². The Morgan fingerprint density at radius 2 is 2.24 bits per heavy atom. The van der Waals surface area contributed by atoms with Gasteiger partial charge in [0.05, 0.1) is 18.0 Å². The summed E-state index contributed by atoms with van der Waals surface area (Å²) < 4.78 is 6.74. The van der Waals surface area contributed by atoms with Crippen molar-refractivity contribution in [2.24, 2.45) is 0 Å². The summed E-state index contributed by atoms with van der Waals surface area (Å²) in [7, 11) is 1.58. The molecule has 1 aliphatic heterocycles. The minimum absolute atomic E-state index is 0.0496. The molecule has 1 aromatic carbocycles. The van der Waals surface area contributed by atoms with Crippen molar-refractivity contribution in [3.8, 4) is 5.75 Å². The van der Waals surface area contributed by atoms with Gasteiger partial charge in [0.15, 0.2) is 0 Å². The van der Waals surface area contributed by atoms with Gasteiger partial charge >= 0.3 is 0 Å². The molecule has 0 saturated carbocycles. The molecule has 1 aliphatic rings. The maximum Gasteiger partial charge on any atom is 0.265 e. The number of aryl methyl sites for hydroxylation is 1.